The number of rotatable bonds is 9. The standard InChI is InChI=1S/C24H31N3O2/c1-4-6-14-26-24(22(25)9-5-2)20-11-8-7-10-18(20)19-13-12-17(15-21(19)24)23(28)16(3)27-29/h7-8,10-13,15,22,26,29H,4-6,9,14,25H2,1-3H3/b27-16-. The third kappa shape index (κ3) is 3.61. The molecule has 5 nitrogen and oxygen atoms in total. The fourth-order valence-electron chi connectivity index (χ4n) is 4.42. The van der Waals surface area contributed by atoms with Crippen molar-refractivity contribution in [3.8, 4) is 11.1 Å². The normalized spacial score (nSPS) is 19.0. The number of ketones is 1. The van der Waals surface area contributed by atoms with Gasteiger partial charge in [-0.2, -0.15) is 0 Å². The van der Waals surface area contributed by atoms with E-state index in [-0.39, 0.29) is 17.5 Å². The zero-order chi connectivity index (χ0) is 21.0. The van der Waals surface area contributed by atoms with Crippen molar-refractivity contribution >= 4 is 11.5 Å². The van der Waals surface area contributed by atoms with E-state index in [0.717, 1.165) is 48.9 Å². The third-order valence-corrected chi connectivity index (χ3v) is 5.92. The van der Waals surface area contributed by atoms with Crippen molar-refractivity contribution in [3.63, 3.8) is 0 Å². The number of nitrogens with one attached hydrogen (secondary N) is 1. The molecule has 2 atom stereocenters. The van der Waals surface area contributed by atoms with Crippen LogP contribution in [0.15, 0.2) is 47.6 Å². The third-order valence-electron chi connectivity index (χ3n) is 5.92. The molecule has 5 heteroatoms. The average Bonchev–Trinajstić information content (AvgIpc) is 3.03. The molecular formula is C24H31N3O2. The van der Waals surface area contributed by atoms with Crippen molar-refractivity contribution in [2.45, 2.75) is 58.0 Å². The summed E-state index contributed by atoms with van der Waals surface area (Å²) in [6, 6.07) is 14.0. The average molecular weight is 394 g/mol. The molecule has 2 aromatic rings. The number of oxime groups is 1. The van der Waals surface area contributed by atoms with E-state index in [4.69, 9.17) is 10.9 Å². The molecule has 2 aromatic carbocycles. The summed E-state index contributed by atoms with van der Waals surface area (Å²) in [6.07, 6.45) is 3.98. The number of benzene rings is 2. The lowest BCUT2D eigenvalue weighted by Gasteiger charge is -2.39. The molecule has 3 rings (SSSR count). The van der Waals surface area contributed by atoms with E-state index >= 15 is 0 Å². The molecule has 0 aromatic heterocycles. The van der Waals surface area contributed by atoms with E-state index in [2.05, 4.69) is 36.5 Å². The molecule has 1 aliphatic rings. The molecule has 0 aliphatic heterocycles. The lowest BCUT2D eigenvalue weighted by atomic mass is 9.78. The highest BCUT2D eigenvalue weighted by atomic mass is 16.4. The Morgan fingerprint density at radius 1 is 1.14 bits per heavy atom. The smallest absolute Gasteiger partial charge is 0.210 e. The summed E-state index contributed by atoms with van der Waals surface area (Å²) in [4.78, 5) is 12.7. The van der Waals surface area contributed by atoms with Crippen LogP contribution in [-0.4, -0.2) is 29.3 Å². The quantitative estimate of drug-likeness (QED) is 0.193. The van der Waals surface area contributed by atoms with Crippen molar-refractivity contribution in [1.82, 2.24) is 5.32 Å². The lowest BCUT2D eigenvalue weighted by Crippen LogP contribution is -2.55. The van der Waals surface area contributed by atoms with Crippen LogP contribution in [0, 0.1) is 0 Å². The molecular weight excluding hydrogens is 362 g/mol. The van der Waals surface area contributed by atoms with Crippen molar-refractivity contribution in [1.29, 1.82) is 0 Å². The van der Waals surface area contributed by atoms with Crippen LogP contribution < -0.4 is 11.1 Å². The van der Waals surface area contributed by atoms with Crippen molar-refractivity contribution < 1.29 is 10.0 Å². The zero-order valence-corrected chi connectivity index (χ0v) is 17.5. The predicted molar refractivity (Wildman–Crippen MR) is 118 cm³/mol. The molecule has 154 valence electrons. The Morgan fingerprint density at radius 3 is 2.55 bits per heavy atom. The molecule has 0 saturated heterocycles. The Balaban J connectivity index is 2.23. The Labute approximate surface area is 173 Å². The number of fused-ring (bicyclic) bond motifs is 3. The van der Waals surface area contributed by atoms with Crippen molar-refractivity contribution in [2.75, 3.05) is 6.54 Å². The number of carbonyl (C=O) groups excluding carboxylic acids is 1. The highest BCUT2D eigenvalue weighted by Gasteiger charge is 2.47. The van der Waals surface area contributed by atoms with Crippen molar-refractivity contribution in [3.05, 3.63) is 59.2 Å². The summed E-state index contributed by atoms with van der Waals surface area (Å²) in [5.74, 6) is -0.280. The first-order valence-corrected chi connectivity index (χ1v) is 10.5. The summed E-state index contributed by atoms with van der Waals surface area (Å²) < 4.78 is 0. The van der Waals surface area contributed by atoms with Gasteiger partial charge in [0.1, 0.15) is 5.71 Å². The second-order valence-corrected chi connectivity index (χ2v) is 7.80. The van der Waals surface area contributed by atoms with Crippen LogP contribution in [0.3, 0.4) is 0 Å². The topological polar surface area (TPSA) is 87.7 Å². The molecule has 1 aliphatic carbocycles. The van der Waals surface area contributed by atoms with Crippen LogP contribution in [0.25, 0.3) is 11.1 Å². The molecule has 0 heterocycles. The molecule has 0 spiro atoms. The summed E-state index contributed by atoms with van der Waals surface area (Å²) >= 11 is 0. The van der Waals surface area contributed by atoms with Crippen LogP contribution in [0.1, 0.15) is 67.9 Å². The van der Waals surface area contributed by atoms with Crippen LogP contribution in [-0.2, 0) is 5.54 Å². The van der Waals surface area contributed by atoms with Gasteiger partial charge < -0.3 is 16.3 Å². The monoisotopic (exact) mass is 393 g/mol. The molecule has 0 radical (unpaired) electrons. The van der Waals surface area contributed by atoms with Crippen LogP contribution in [0.4, 0.5) is 0 Å². The van der Waals surface area contributed by atoms with Gasteiger partial charge in [0.05, 0.1) is 5.54 Å². The van der Waals surface area contributed by atoms with Gasteiger partial charge >= 0.3 is 0 Å². The fraction of sp³-hybridized carbons (Fsp3) is 0.417. The second kappa shape index (κ2) is 8.89. The number of Topliss-reactive ketones (excluding diaryl/α,β-unsaturated/α-hetero) is 1. The minimum Gasteiger partial charge on any atom is -0.411 e. The molecule has 2 unspecified atom stereocenters. The van der Waals surface area contributed by atoms with Gasteiger partial charge in [-0.1, -0.05) is 68.2 Å². The first kappa shape index (κ1) is 21.2. The number of hydrogen-bond donors (Lipinski definition) is 3. The van der Waals surface area contributed by atoms with E-state index in [9.17, 15) is 4.79 Å². The van der Waals surface area contributed by atoms with Crippen LogP contribution in [0.5, 0.6) is 0 Å². The zero-order valence-electron chi connectivity index (χ0n) is 17.5. The molecule has 0 bridgehead atoms. The first-order chi connectivity index (χ1) is 14.0. The summed E-state index contributed by atoms with van der Waals surface area (Å²) in [5.41, 5.74) is 11.3. The van der Waals surface area contributed by atoms with E-state index in [1.54, 1.807) is 6.07 Å². The van der Waals surface area contributed by atoms with Gasteiger partial charge in [0.25, 0.3) is 0 Å². The molecule has 0 amide bonds. The number of nitrogens with two attached hydrogens (primary N) is 1. The van der Waals surface area contributed by atoms with E-state index in [0.29, 0.717) is 5.56 Å². The minimum atomic E-state index is -0.544. The van der Waals surface area contributed by atoms with E-state index < -0.39 is 5.54 Å². The number of carbonyl (C=O) groups is 1. The van der Waals surface area contributed by atoms with Gasteiger partial charge in [-0.3, -0.25) is 4.79 Å². The van der Waals surface area contributed by atoms with Gasteiger partial charge in [-0.05, 0) is 54.6 Å². The Kier molecular flexibility index (Phi) is 6.50. The molecule has 4 N–H and O–H groups in total. The van der Waals surface area contributed by atoms with E-state index in [1.807, 2.05) is 24.3 Å². The maximum atomic E-state index is 12.7. The van der Waals surface area contributed by atoms with Crippen molar-refractivity contribution in [2.24, 2.45) is 10.9 Å². The molecule has 29 heavy (non-hydrogen) atoms. The molecule has 0 saturated carbocycles. The largest absolute Gasteiger partial charge is 0.411 e. The Hall–Kier alpha value is -2.50. The van der Waals surface area contributed by atoms with Gasteiger partial charge in [-0.15, -0.1) is 0 Å². The maximum absolute atomic E-state index is 12.7. The molecule has 0 fully saturated rings. The van der Waals surface area contributed by atoms with Crippen LogP contribution in [0.2, 0.25) is 0 Å². The minimum absolute atomic E-state index is 0.0721. The fourth-order valence-corrected chi connectivity index (χ4v) is 4.42. The number of unbranched alkanes of at least 4 members (excludes halogenated alkanes) is 1. The number of nitrogens with zero attached hydrogens (tertiary/aromatic N) is 1. The predicted octanol–water partition coefficient (Wildman–Crippen LogP) is 4.46. The SMILES string of the molecule is CCCCNC1(C(N)CCC)c2ccccc2-c2ccc(C(=O)/C(C)=N\O)cc21. The summed E-state index contributed by atoms with van der Waals surface area (Å²) in [5, 5.41) is 15.9. The highest BCUT2D eigenvalue weighted by molar-refractivity contribution is 6.45. The van der Waals surface area contributed by atoms with E-state index in [1.165, 1.54) is 12.5 Å². The summed E-state index contributed by atoms with van der Waals surface area (Å²) in [6.45, 7) is 6.67. The van der Waals surface area contributed by atoms with Gasteiger partial charge in [0, 0.05) is 11.6 Å². The van der Waals surface area contributed by atoms with Gasteiger partial charge in [0.15, 0.2) is 0 Å². The highest BCUT2D eigenvalue weighted by Crippen LogP contribution is 2.49. The van der Waals surface area contributed by atoms with Gasteiger partial charge in [-0.25, -0.2) is 0 Å². The first-order valence-electron chi connectivity index (χ1n) is 10.5. The Bertz CT molecular complexity index is 922. The Morgan fingerprint density at radius 2 is 1.86 bits per heavy atom. The van der Waals surface area contributed by atoms with Crippen LogP contribution >= 0.6 is 0 Å². The maximum Gasteiger partial charge on any atom is 0.210 e. The lowest BCUT2D eigenvalue weighted by molar-refractivity contribution is 0.106. The second-order valence-electron chi connectivity index (χ2n) is 7.80. The van der Waals surface area contributed by atoms with Gasteiger partial charge in [0.2, 0.25) is 5.78 Å². The summed E-state index contributed by atoms with van der Waals surface area (Å²) in [7, 11) is 0. The number of hydrogen-bond acceptors (Lipinski definition) is 5.